The monoisotopic (exact) mass is 201 g/mol. The van der Waals surface area contributed by atoms with Gasteiger partial charge in [-0.25, -0.2) is 0 Å². The normalized spacial score (nSPS) is 13.0. The average molecular weight is 201 g/mol. The molecule has 0 amide bonds. The van der Waals surface area contributed by atoms with Gasteiger partial charge >= 0.3 is 0 Å². The fourth-order valence-corrected chi connectivity index (χ4v) is 1.02. The smallest absolute Gasteiger partial charge is 0.188 e. The molecule has 0 bridgehead atoms. The number of rotatable bonds is 5. The van der Waals surface area contributed by atoms with Crippen molar-refractivity contribution in [2.24, 2.45) is 10.7 Å². The van der Waals surface area contributed by atoms with Gasteiger partial charge in [0.15, 0.2) is 5.96 Å². The molecule has 0 aromatic rings. The Morgan fingerprint density at radius 1 is 1.29 bits per heavy atom. The molecular weight excluding hydrogens is 178 g/mol. The third-order valence-corrected chi connectivity index (χ3v) is 1.60. The molecule has 0 atom stereocenters. The van der Waals surface area contributed by atoms with Gasteiger partial charge in [0, 0.05) is 18.7 Å². The van der Waals surface area contributed by atoms with Crippen molar-refractivity contribution in [3.63, 3.8) is 0 Å². The Balaban J connectivity index is 3.57. The molecule has 0 heterocycles. The molecule has 0 saturated carbocycles. The minimum atomic E-state index is -0.0291. The Bertz CT molecular complexity index is 173. The van der Waals surface area contributed by atoms with E-state index in [1.54, 1.807) is 0 Å². The van der Waals surface area contributed by atoms with Crippen LogP contribution in [0.25, 0.3) is 0 Å². The van der Waals surface area contributed by atoms with E-state index < -0.39 is 0 Å². The van der Waals surface area contributed by atoms with Gasteiger partial charge in [-0.2, -0.15) is 0 Å². The van der Waals surface area contributed by atoms with Gasteiger partial charge in [0.2, 0.25) is 0 Å². The van der Waals surface area contributed by atoms with E-state index in [4.69, 9.17) is 10.8 Å². The molecule has 0 spiro atoms. The molecule has 0 unspecified atom stereocenters. The molecule has 0 fully saturated rings. The highest BCUT2D eigenvalue weighted by Crippen LogP contribution is 1.98. The molecule has 4 nitrogen and oxygen atoms in total. The zero-order valence-corrected chi connectivity index (χ0v) is 9.51. The van der Waals surface area contributed by atoms with E-state index in [1.165, 1.54) is 0 Å². The standard InChI is InChI=1S/C10H23N3O/c1-10(2,3)13-9(11)12-7-5-4-6-8-14/h14H,4-8H2,1-3H3,(H3,11,12,13). The van der Waals surface area contributed by atoms with Crippen molar-refractivity contribution in [3.8, 4) is 0 Å². The van der Waals surface area contributed by atoms with Crippen LogP contribution < -0.4 is 11.1 Å². The second-order valence-corrected chi connectivity index (χ2v) is 4.43. The highest BCUT2D eigenvalue weighted by molar-refractivity contribution is 5.78. The summed E-state index contributed by atoms with van der Waals surface area (Å²) in [6.07, 6.45) is 2.83. The van der Waals surface area contributed by atoms with Crippen molar-refractivity contribution < 1.29 is 5.11 Å². The fourth-order valence-electron chi connectivity index (χ4n) is 1.02. The predicted octanol–water partition coefficient (Wildman–Crippen LogP) is 0.852. The molecule has 0 aliphatic rings. The number of guanidine groups is 1. The highest BCUT2D eigenvalue weighted by atomic mass is 16.2. The van der Waals surface area contributed by atoms with Crippen molar-refractivity contribution in [3.05, 3.63) is 0 Å². The topological polar surface area (TPSA) is 70.6 Å². The van der Waals surface area contributed by atoms with Gasteiger partial charge in [-0.1, -0.05) is 0 Å². The summed E-state index contributed by atoms with van der Waals surface area (Å²) < 4.78 is 0. The summed E-state index contributed by atoms with van der Waals surface area (Å²) in [4.78, 5) is 4.18. The lowest BCUT2D eigenvalue weighted by atomic mass is 10.1. The molecule has 84 valence electrons. The SMILES string of the molecule is CC(C)(C)NC(N)=NCCCCCO. The van der Waals surface area contributed by atoms with Crippen LogP contribution in [-0.4, -0.2) is 29.8 Å². The first kappa shape index (κ1) is 13.2. The summed E-state index contributed by atoms with van der Waals surface area (Å²) in [5, 5.41) is 11.6. The molecular formula is C10H23N3O. The minimum Gasteiger partial charge on any atom is -0.396 e. The zero-order chi connectivity index (χ0) is 11.0. The van der Waals surface area contributed by atoms with Crippen LogP contribution >= 0.6 is 0 Å². The molecule has 0 aliphatic heterocycles. The number of nitrogens with zero attached hydrogens (tertiary/aromatic N) is 1. The van der Waals surface area contributed by atoms with Crippen LogP contribution in [0, 0.1) is 0 Å². The maximum Gasteiger partial charge on any atom is 0.188 e. The maximum atomic E-state index is 8.55. The summed E-state index contributed by atoms with van der Waals surface area (Å²) >= 11 is 0. The molecule has 0 aliphatic carbocycles. The molecule has 14 heavy (non-hydrogen) atoms. The van der Waals surface area contributed by atoms with E-state index in [2.05, 4.69) is 10.3 Å². The summed E-state index contributed by atoms with van der Waals surface area (Å²) in [6, 6.07) is 0. The van der Waals surface area contributed by atoms with Crippen LogP contribution in [0.2, 0.25) is 0 Å². The van der Waals surface area contributed by atoms with Gasteiger partial charge in [0.05, 0.1) is 0 Å². The van der Waals surface area contributed by atoms with Crippen LogP contribution in [-0.2, 0) is 0 Å². The van der Waals surface area contributed by atoms with Crippen molar-refractivity contribution in [2.45, 2.75) is 45.6 Å². The van der Waals surface area contributed by atoms with Gasteiger partial charge in [-0.15, -0.1) is 0 Å². The molecule has 0 rings (SSSR count). The van der Waals surface area contributed by atoms with Crippen molar-refractivity contribution >= 4 is 5.96 Å². The summed E-state index contributed by atoms with van der Waals surface area (Å²) in [7, 11) is 0. The number of nitrogens with one attached hydrogen (secondary N) is 1. The molecule has 4 heteroatoms. The number of hydrogen-bond donors (Lipinski definition) is 3. The molecule has 0 aromatic heterocycles. The first-order valence-corrected chi connectivity index (χ1v) is 5.14. The molecule has 0 radical (unpaired) electrons. The van der Waals surface area contributed by atoms with Crippen LogP contribution in [0.1, 0.15) is 40.0 Å². The Morgan fingerprint density at radius 2 is 1.93 bits per heavy atom. The Kier molecular flexibility index (Phi) is 6.28. The number of unbranched alkanes of at least 4 members (excludes halogenated alkanes) is 2. The predicted molar refractivity (Wildman–Crippen MR) is 60.3 cm³/mol. The minimum absolute atomic E-state index is 0.0291. The fraction of sp³-hybridized carbons (Fsp3) is 0.900. The van der Waals surface area contributed by atoms with Crippen molar-refractivity contribution in [1.29, 1.82) is 0 Å². The van der Waals surface area contributed by atoms with E-state index in [9.17, 15) is 0 Å². The summed E-state index contributed by atoms with van der Waals surface area (Å²) in [5.41, 5.74) is 5.63. The van der Waals surface area contributed by atoms with Gasteiger partial charge in [0.1, 0.15) is 0 Å². The highest BCUT2D eigenvalue weighted by Gasteiger charge is 2.09. The zero-order valence-electron chi connectivity index (χ0n) is 9.51. The Hall–Kier alpha value is -0.770. The molecule has 0 saturated heterocycles. The lowest BCUT2D eigenvalue weighted by Crippen LogP contribution is -2.45. The summed E-state index contributed by atoms with van der Waals surface area (Å²) in [6.45, 7) is 7.12. The van der Waals surface area contributed by atoms with E-state index in [0.717, 1.165) is 25.8 Å². The number of aliphatic hydroxyl groups is 1. The van der Waals surface area contributed by atoms with Gasteiger partial charge < -0.3 is 16.2 Å². The van der Waals surface area contributed by atoms with Crippen molar-refractivity contribution in [1.82, 2.24) is 5.32 Å². The third kappa shape index (κ3) is 9.32. The van der Waals surface area contributed by atoms with Crippen LogP contribution in [0.15, 0.2) is 4.99 Å². The average Bonchev–Trinajstić information content (AvgIpc) is 2.00. The van der Waals surface area contributed by atoms with Crippen molar-refractivity contribution in [2.75, 3.05) is 13.2 Å². The van der Waals surface area contributed by atoms with Crippen LogP contribution in [0.5, 0.6) is 0 Å². The number of nitrogens with two attached hydrogens (primary N) is 1. The first-order valence-electron chi connectivity index (χ1n) is 5.14. The number of hydrogen-bond acceptors (Lipinski definition) is 2. The van der Waals surface area contributed by atoms with E-state index in [1.807, 2.05) is 20.8 Å². The third-order valence-electron chi connectivity index (χ3n) is 1.60. The van der Waals surface area contributed by atoms with Gasteiger partial charge in [0.25, 0.3) is 0 Å². The van der Waals surface area contributed by atoms with E-state index in [0.29, 0.717) is 5.96 Å². The maximum absolute atomic E-state index is 8.55. The second kappa shape index (κ2) is 6.65. The lowest BCUT2D eigenvalue weighted by molar-refractivity contribution is 0.283. The largest absolute Gasteiger partial charge is 0.396 e. The van der Waals surface area contributed by atoms with E-state index >= 15 is 0 Å². The first-order chi connectivity index (χ1) is 6.45. The molecule has 4 N–H and O–H groups in total. The van der Waals surface area contributed by atoms with Gasteiger partial charge in [-0.05, 0) is 40.0 Å². The Morgan fingerprint density at radius 3 is 2.43 bits per heavy atom. The Labute approximate surface area is 86.6 Å². The van der Waals surface area contributed by atoms with Crippen LogP contribution in [0.4, 0.5) is 0 Å². The second-order valence-electron chi connectivity index (χ2n) is 4.43. The number of aliphatic imine (C=N–C) groups is 1. The number of aliphatic hydroxyl groups excluding tert-OH is 1. The lowest BCUT2D eigenvalue weighted by Gasteiger charge is -2.20. The van der Waals surface area contributed by atoms with Crippen LogP contribution in [0.3, 0.4) is 0 Å². The van der Waals surface area contributed by atoms with Gasteiger partial charge in [-0.3, -0.25) is 4.99 Å². The molecule has 0 aromatic carbocycles. The summed E-state index contributed by atoms with van der Waals surface area (Å²) in [5.74, 6) is 0.501. The quantitative estimate of drug-likeness (QED) is 0.351. The van der Waals surface area contributed by atoms with E-state index in [-0.39, 0.29) is 12.1 Å².